The molecule has 1 aliphatic heterocycles. The average Bonchev–Trinajstić information content (AvgIpc) is 2.56. The smallest absolute Gasteiger partial charge is 0.173 e. The first-order chi connectivity index (χ1) is 11.9. The molecule has 0 bridgehead atoms. The van der Waals surface area contributed by atoms with E-state index in [2.05, 4.69) is 5.32 Å². The molecule has 1 aromatic rings. The molecule has 1 atom stereocenters. The third kappa shape index (κ3) is 3.53. The van der Waals surface area contributed by atoms with Crippen LogP contribution in [0.15, 0.2) is 29.5 Å². The maximum Gasteiger partial charge on any atom is 0.173 e. The van der Waals surface area contributed by atoms with Crippen LogP contribution in [0.5, 0.6) is 5.75 Å². The molecule has 1 N–H and O–H groups in total. The molecule has 2 aliphatic rings. The first-order valence-electron chi connectivity index (χ1n) is 8.72. The Labute approximate surface area is 159 Å². The average molecular weight is 379 g/mol. The number of ketones is 1. The van der Waals surface area contributed by atoms with Crippen molar-refractivity contribution in [3.05, 3.63) is 40.1 Å². The highest BCUT2D eigenvalue weighted by atomic mass is 35.5. The van der Waals surface area contributed by atoms with Gasteiger partial charge in [-0.25, -0.2) is 0 Å². The number of carbonyl (C=O) groups excluding carboxylic acids is 1. The molecule has 0 amide bonds. The lowest BCUT2D eigenvalue weighted by Gasteiger charge is -2.40. The van der Waals surface area contributed by atoms with Crippen molar-refractivity contribution in [1.82, 2.24) is 10.2 Å². The van der Waals surface area contributed by atoms with Crippen LogP contribution < -0.4 is 10.1 Å². The summed E-state index contributed by atoms with van der Waals surface area (Å²) in [6.45, 7) is 6.73. The topological polar surface area (TPSA) is 41.6 Å². The number of hydrogen-bond acceptors (Lipinski definition) is 3. The maximum absolute atomic E-state index is 12.7. The standard InChI is InChI=1S/C19H23ClN2O2S/c1-4-22-14-6-5-7-15(23)17(14)18(21-19(22)25)12-8-9-16(13(20)10-12)24-11(2)3/h8-11,18H,4-7H2,1-3H3,(H,21,25). The van der Waals surface area contributed by atoms with Crippen molar-refractivity contribution in [2.45, 2.75) is 52.2 Å². The van der Waals surface area contributed by atoms with E-state index in [1.165, 1.54) is 0 Å². The lowest BCUT2D eigenvalue weighted by atomic mass is 9.85. The number of ether oxygens (including phenoxy) is 1. The van der Waals surface area contributed by atoms with E-state index in [9.17, 15) is 4.79 Å². The number of benzene rings is 1. The summed E-state index contributed by atoms with van der Waals surface area (Å²) in [6.07, 6.45) is 2.40. The van der Waals surface area contributed by atoms with Crippen molar-refractivity contribution < 1.29 is 9.53 Å². The number of hydrogen-bond donors (Lipinski definition) is 1. The Hall–Kier alpha value is -1.59. The second-order valence-electron chi connectivity index (χ2n) is 6.62. The number of halogens is 1. The van der Waals surface area contributed by atoms with Crippen LogP contribution in [0.1, 0.15) is 51.6 Å². The molecule has 1 unspecified atom stereocenters. The van der Waals surface area contributed by atoms with Crippen LogP contribution in [0, 0.1) is 0 Å². The van der Waals surface area contributed by atoms with Gasteiger partial charge in [-0.15, -0.1) is 0 Å². The minimum atomic E-state index is -0.247. The van der Waals surface area contributed by atoms with E-state index in [0.29, 0.717) is 22.3 Å². The number of nitrogens with one attached hydrogen (secondary N) is 1. The van der Waals surface area contributed by atoms with Gasteiger partial charge in [0.2, 0.25) is 0 Å². The van der Waals surface area contributed by atoms with Crippen molar-refractivity contribution >= 4 is 34.7 Å². The molecule has 0 spiro atoms. The Kier molecular flexibility index (Phi) is 5.35. The minimum absolute atomic E-state index is 0.0519. The van der Waals surface area contributed by atoms with Gasteiger partial charge in [-0.2, -0.15) is 0 Å². The van der Waals surface area contributed by atoms with Crippen molar-refractivity contribution in [3.8, 4) is 5.75 Å². The summed E-state index contributed by atoms with van der Waals surface area (Å²) >= 11 is 11.9. The van der Waals surface area contributed by atoms with Crippen LogP contribution in [-0.4, -0.2) is 28.4 Å². The van der Waals surface area contributed by atoms with Gasteiger partial charge in [-0.3, -0.25) is 4.79 Å². The normalized spacial score (nSPS) is 20.7. The molecule has 1 aromatic carbocycles. The molecule has 4 nitrogen and oxygen atoms in total. The van der Waals surface area contributed by atoms with Gasteiger partial charge in [-0.1, -0.05) is 17.7 Å². The molecule has 25 heavy (non-hydrogen) atoms. The van der Waals surface area contributed by atoms with Crippen molar-refractivity contribution in [3.63, 3.8) is 0 Å². The van der Waals surface area contributed by atoms with Crippen molar-refractivity contribution in [2.24, 2.45) is 0 Å². The fourth-order valence-corrected chi connectivity index (χ4v) is 4.07. The Morgan fingerprint density at radius 2 is 2.16 bits per heavy atom. The predicted octanol–water partition coefficient (Wildman–Crippen LogP) is 4.39. The van der Waals surface area contributed by atoms with Crippen LogP contribution in [0.2, 0.25) is 5.02 Å². The van der Waals surface area contributed by atoms with Crippen LogP contribution in [0.25, 0.3) is 0 Å². The molecule has 0 radical (unpaired) electrons. The molecule has 0 saturated carbocycles. The summed E-state index contributed by atoms with van der Waals surface area (Å²) in [5, 5.41) is 4.54. The van der Waals surface area contributed by atoms with Crippen LogP contribution in [0.3, 0.4) is 0 Å². The van der Waals surface area contributed by atoms with E-state index < -0.39 is 0 Å². The Bertz CT molecular complexity index is 745. The maximum atomic E-state index is 12.7. The van der Waals surface area contributed by atoms with Gasteiger partial charge in [0.25, 0.3) is 0 Å². The third-order valence-electron chi connectivity index (χ3n) is 4.52. The fraction of sp³-hybridized carbons (Fsp3) is 0.474. The van der Waals surface area contributed by atoms with Gasteiger partial charge in [0, 0.05) is 24.2 Å². The van der Waals surface area contributed by atoms with E-state index in [4.69, 9.17) is 28.6 Å². The van der Waals surface area contributed by atoms with E-state index in [-0.39, 0.29) is 17.9 Å². The summed E-state index contributed by atoms with van der Waals surface area (Å²) < 4.78 is 5.71. The van der Waals surface area contributed by atoms with Gasteiger partial charge < -0.3 is 15.0 Å². The van der Waals surface area contributed by atoms with E-state index in [1.807, 2.05) is 43.9 Å². The van der Waals surface area contributed by atoms with E-state index >= 15 is 0 Å². The second-order valence-corrected chi connectivity index (χ2v) is 7.41. The van der Waals surface area contributed by atoms with Gasteiger partial charge in [0.15, 0.2) is 10.9 Å². The minimum Gasteiger partial charge on any atom is -0.489 e. The van der Waals surface area contributed by atoms with Crippen molar-refractivity contribution in [2.75, 3.05) is 6.54 Å². The Morgan fingerprint density at radius 3 is 2.80 bits per heavy atom. The molecule has 1 heterocycles. The lowest BCUT2D eigenvalue weighted by molar-refractivity contribution is -0.116. The Balaban J connectivity index is 2.02. The fourth-order valence-electron chi connectivity index (χ4n) is 3.48. The summed E-state index contributed by atoms with van der Waals surface area (Å²) in [7, 11) is 0. The molecule has 134 valence electrons. The molecule has 3 rings (SSSR count). The molecule has 0 saturated heterocycles. The van der Waals surface area contributed by atoms with E-state index in [1.54, 1.807) is 0 Å². The summed E-state index contributed by atoms with van der Waals surface area (Å²) in [5.41, 5.74) is 2.82. The number of rotatable bonds is 4. The van der Waals surface area contributed by atoms with Gasteiger partial charge in [0.1, 0.15) is 5.75 Å². The number of allylic oxidation sites excluding steroid dienone is 1. The largest absolute Gasteiger partial charge is 0.489 e. The number of nitrogens with zero attached hydrogens (tertiary/aromatic N) is 1. The van der Waals surface area contributed by atoms with Crippen molar-refractivity contribution in [1.29, 1.82) is 0 Å². The lowest BCUT2D eigenvalue weighted by Crippen LogP contribution is -2.49. The quantitative estimate of drug-likeness (QED) is 0.787. The summed E-state index contributed by atoms with van der Waals surface area (Å²) in [6, 6.07) is 5.44. The second kappa shape index (κ2) is 7.34. The molecule has 1 aliphatic carbocycles. The highest BCUT2D eigenvalue weighted by Crippen LogP contribution is 2.39. The zero-order valence-corrected chi connectivity index (χ0v) is 16.3. The Morgan fingerprint density at radius 1 is 1.40 bits per heavy atom. The van der Waals surface area contributed by atoms with Gasteiger partial charge >= 0.3 is 0 Å². The van der Waals surface area contributed by atoms with Crippen LogP contribution >= 0.6 is 23.8 Å². The van der Waals surface area contributed by atoms with Crippen LogP contribution in [-0.2, 0) is 4.79 Å². The van der Waals surface area contributed by atoms with Gasteiger partial charge in [-0.05, 0) is 63.5 Å². The number of Topliss-reactive ketones (excluding diaryl/α,β-unsaturated/α-hetero) is 1. The molecule has 6 heteroatoms. The monoisotopic (exact) mass is 378 g/mol. The SMILES string of the molecule is CCN1C(=S)NC(c2ccc(OC(C)C)c(Cl)c2)C2=C1CCCC2=O. The first-order valence-corrected chi connectivity index (χ1v) is 9.51. The zero-order chi connectivity index (χ0) is 18.1. The van der Waals surface area contributed by atoms with Gasteiger partial charge in [0.05, 0.1) is 17.2 Å². The summed E-state index contributed by atoms with van der Waals surface area (Å²) in [4.78, 5) is 14.7. The zero-order valence-electron chi connectivity index (χ0n) is 14.8. The first kappa shape index (κ1) is 18.2. The molecule has 0 aromatic heterocycles. The third-order valence-corrected chi connectivity index (χ3v) is 5.16. The number of thiocarbonyl (C=S) groups is 1. The molecule has 0 fully saturated rings. The summed E-state index contributed by atoms with van der Waals surface area (Å²) in [5.74, 6) is 0.844. The van der Waals surface area contributed by atoms with E-state index in [0.717, 1.165) is 36.2 Å². The number of carbonyl (C=O) groups is 1. The highest BCUT2D eigenvalue weighted by molar-refractivity contribution is 7.80. The predicted molar refractivity (Wildman–Crippen MR) is 104 cm³/mol. The molecular weight excluding hydrogens is 356 g/mol. The highest BCUT2D eigenvalue weighted by Gasteiger charge is 2.36. The van der Waals surface area contributed by atoms with Crippen LogP contribution in [0.4, 0.5) is 0 Å². The molecular formula is C19H23ClN2O2S.